The molecule has 0 saturated heterocycles. The molecule has 1 aliphatic rings. The maximum atomic E-state index is 12.7. The standard InChI is InChI=1S/C18H36N2O/c1-14(2)13-20(17-7-5-6-8-17)18(21)10-9-16(11-12-19)15(3)4/h14-17H,5-13,19H2,1-4H3. The number of carbonyl (C=O) groups is 1. The number of nitrogens with zero attached hydrogens (tertiary/aromatic N) is 1. The van der Waals surface area contributed by atoms with Crippen molar-refractivity contribution in [3.63, 3.8) is 0 Å². The van der Waals surface area contributed by atoms with E-state index in [4.69, 9.17) is 5.73 Å². The zero-order chi connectivity index (χ0) is 15.8. The van der Waals surface area contributed by atoms with Gasteiger partial charge in [0.25, 0.3) is 0 Å². The monoisotopic (exact) mass is 296 g/mol. The minimum Gasteiger partial charge on any atom is -0.339 e. The van der Waals surface area contributed by atoms with E-state index >= 15 is 0 Å². The first kappa shape index (κ1) is 18.5. The van der Waals surface area contributed by atoms with Crippen molar-refractivity contribution in [3.8, 4) is 0 Å². The summed E-state index contributed by atoms with van der Waals surface area (Å²) in [5.41, 5.74) is 5.70. The maximum absolute atomic E-state index is 12.7. The van der Waals surface area contributed by atoms with Crippen LogP contribution in [0.4, 0.5) is 0 Å². The molecule has 0 heterocycles. The molecule has 1 atom stereocenters. The van der Waals surface area contributed by atoms with Gasteiger partial charge in [-0.3, -0.25) is 4.79 Å². The van der Waals surface area contributed by atoms with Crippen molar-refractivity contribution in [3.05, 3.63) is 0 Å². The summed E-state index contributed by atoms with van der Waals surface area (Å²) >= 11 is 0. The largest absolute Gasteiger partial charge is 0.339 e. The second kappa shape index (κ2) is 9.45. The second-order valence-electron chi connectivity index (χ2n) is 7.50. The highest BCUT2D eigenvalue weighted by Gasteiger charge is 2.27. The van der Waals surface area contributed by atoms with E-state index in [0.29, 0.717) is 36.1 Å². The molecule has 1 rings (SSSR count). The van der Waals surface area contributed by atoms with Crippen molar-refractivity contribution in [2.45, 2.75) is 78.7 Å². The minimum absolute atomic E-state index is 0.373. The minimum atomic E-state index is 0.373. The molecule has 0 spiro atoms. The molecule has 0 bridgehead atoms. The van der Waals surface area contributed by atoms with E-state index in [-0.39, 0.29) is 0 Å². The van der Waals surface area contributed by atoms with Crippen LogP contribution in [-0.4, -0.2) is 29.9 Å². The van der Waals surface area contributed by atoms with Crippen LogP contribution in [0.15, 0.2) is 0 Å². The van der Waals surface area contributed by atoms with Crippen molar-refractivity contribution in [1.29, 1.82) is 0 Å². The van der Waals surface area contributed by atoms with Gasteiger partial charge in [-0.05, 0) is 50.0 Å². The van der Waals surface area contributed by atoms with Gasteiger partial charge in [0.05, 0.1) is 0 Å². The third kappa shape index (κ3) is 6.37. The molecule has 0 aromatic rings. The van der Waals surface area contributed by atoms with Gasteiger partial charge in [0, 0.05) is 19.0 Å². The summed E-state index contributed by atoms with van der Waals surface area (Å²) in [6, 6.07) is 0.506. The van der Waals surface area contributed by atoms with Gasteiger partial charge < -0.3 is 10.6 Å². The van der Waals surface area contributed by atoms with Crippen LogP contribution < -0.4 is 5.73 Å². The zero-order valence-electron chi connectivity index (χ0n) is 14.6. The second-order valence-corrected chi connectivity index (χ2v) is 7.50. The van der Waals surface area contributed by atoms with Crippen LogP contribution in [0, 0.1) is 17.8 Å². The summed E-state index contributed by atoms with van der Waals surface area (Å²) in [6.07, 6.45) is 7.71. The first-order valence-electron chi connectivity index (χ1n) is 8.95. The summed E-state index contributed by atoms with van der Waals surface area (Å²) in [5, 5.41) is 0. The molecule has 3 nitrogen and oxygen atoms in total. The molecule has 0 aromatic carbocycles. The Kier molecular flexibility index (Phi) is 8.31. The van der Waals surface area contributed by atoms with Crippen LogP contribution in [0.1, 0.15) is 72.6 Å². The maximum Gasteiger partial charge on any atom is 0.222 e. The number of nitrogens with two attached hydrogens (primary N) is 1. The Labute approximate surface area is 131 Å². The van der Waals surface area contributed by atoms with Crippen LogP contribution in [0.2, 0.25) is 0 Å². The Morgan fingerprint density at radius 2 is 1.76 bits per heavy atom. The molecule has 3 heteroatoms. The van der Waals surface area contributed by atoms with Gasteiger partial charge >= 0.3 is 0 Å². The van der Waals surface area contributed by atoms with Crippen LogP contribution in [-0.2, 0) is 4.79 Å². The SMILES string of the molecule is CC(C)CN(C(=O)CCC(CCN)C(C)C)C1CCCC1. The van der Waals surface area contributed by atoms with E-state index in [9.17, 15) is 4.79 Å². The fraction of sp³-hybridized carbons (Fsp3) is 0.944. The van der Waals surface area contributed by atoms with Crippen molar-refractivity contribution >= 4 is 5.91 Å². The van der Waals surface area contributed by atoms with Gasteiger partial charge in [0.2, 0.25) is 5.91 Å². The predicted molar refractivity (Wildman–Crippen MR) is 90.0 cm³/mol. The number of rotatable bonds is 9. The summed E-state index contributed by atoms with van der Waals surface area (Å²) in [5.74, 6) is 2.13. The lowest BCUT2D eigenvalue weighted by atomic mass is 9.88. The molecule has 21 heavy (non-hydrogen) atoms. The van der Waals surface area contributed by atoms with Crippen molar-refractivity contribution in [1.82, 2.24) is 4.90 Å². The lowest BCUT2D eigenvalue weighted by molar-refractivity contribution is -0.134. The van der Waals surface area contributed by atoms with Gasteiger partial charge in [0.1, 0.15) is 0 Å². The molecule has 1 fully saturated rings. The average Bonchev–Trinajstić information content (AvgIpc) is 2.93. The highest BCUT2D eigenvalue weighted by atomic mass is 16.2. The molecule has 1 amide bonds. The van der Waals surface area contributed by atoms with Gasteiger partial charge in [-0.2, -0.15) is 0 Å². The summed E-state index contributed by atoms with van der Waals surface area (Å²) in [7, 11) is 0. The topological polar surface area (TPSA) is 46.3 Å². The van der Waals surface area contributed by atoms with E-state index < -0.39 is 0 Å². The molecular formula is C18H36N2O. The Hall–Kier alpha value is -0.570. The normalized spacial score (nSPS) is 17.7. The Bertz CT molecular complexity index is 296. The highest BCUT2D eigenvalue weighted by molar-refractivity contribution is 5.76. The lowest BCUT2D eigenvalue weighted by Crippen LogP contribution is -2.41. The van der Waals surface area contributed by atoms with Gasteiger partial charge in [-0.25, -0.2) is 0 Å². The van der Waals surface area contributed by atoms with E-state index in [0.717, 1.165) is 25.9 Å². The number of hydrogen-bond donors (Lipinski definition) is 1. The van der Waals surface area contributed by atoms with Gasteiger partial charge in [-0.1, -0.05) is 40.5 Å². The van der Waals surface area contributed by atoms with E-state index in [1.165, 1.54) is 25.7 Å². The molecule has 1 unspecified atom stereocenters. The van der Waals surface area contributed by atoms with Crippen molar-refractivity contribution in [2.75, 3.05) is 13.1 Å². The van der Waals surface area contributed by atoms with Gasteiger partial charge in [-0.15, -0.1) is 0 Å². The molecule has 1 saturated carbocycles. The van der Waals surface area contributed by atoms with Crippen molar-refractivity contribution in [2.24, 2.45) is 23.5 Å². The number of amides is 1. The fourth-order valence-corrected chi connectivity index (χ4v) is 3.54. The zero-order valence-corrected chi connectivity index (χ0v) is 14.6. The summed E-state index contributed by atoms with van der Waals surface area (Å²) in [6.45, 7) is 10.6. The Morgan fingerprint density at radius 1 is 1.14 bits per heavy atom. The Balaban J connectivity index is 2.54. The molecule has 0 aromatic heterocycles. The van der Waals surface area contributed by atoms with Crippen molar-refractivity contribution < 1.29 is 4.79 Å². The van der Waals surface area contributed by atoms with Crippen LogP contribution >= 0.6 is 0 Å². The van der Waals surface area contributed by atoms with Gasteiger partial charge in [0.15, 0.2) is 0 Å². The lowest BCUT2D eigenvalue weighted by Gasteiger charge is -2.31. The highest BCUT2D eigenvalue weighted by Crippen LogP contribution is 2.26. The first-order valence-corrected chi connectivity index (χ1v) is 8.95. The summed E-state index contributed by atoms with van der Waals surface area (Å²) in [4.78, 5) is 14.9. The molecule has 2 N–H and O–H groups in total. The van der Waals surface area contributed by atoms with Crippen LogP contribution in [0.3, 0.4) is 0 Å². The smallest absolute Gasteiger partial charge is 0.222 e. The quantitative estimate of drug-likeness (QED) is 0.703. The first-order chi connectivity index (χ1) is 9.95. The number of carbonyl (C=O) groups excluding carboxylic acids is 1. The van der Waals surface area contributed by atoms with Crippen LogP contribution in [0.5, 0.6) is 0 Å². The average molecular weight is 296 g/mol. The van der Waals surface area contributed by atoms with Crippen LogP contribution in [0.25, 0.3) is 0 Å². The van der Waals surface area contributed by atoms with E-state index in [1.807, 2.05) is 0 Å². The molecule has 0 radical (unpaired) electrons. The fourth-order valence-electron chi connectivity index (χ4n) is 3.54. The molecular weight excluding hydrogens is 260 g/mol. The number of hydrogen-bond acceptors (Lipinski definition) is 2. The Morgan fingerprint density at radius 3 is 2.24 bits per heavy atom. The summed E-state index contributed by atoms with van der Waals surface area (Å²) < 4.78 is 0. The molecule has 0 aliphatic heterocycles. The van der Waals surface area contributed by atoms with E-state index in [1.54, 1.807) is 0 Å². The molecule has 124 valence electrons. The molecule has 1 aliphatic carbocycles. The third-order valence-electron chi connectivity index (χ3n) is 4.86. The predicted octanol–water partition coefficient (Wildman–Crippen LogP) is 3.81. The van der Waals surface area contributed by atoms with E-state index in [2.05, 4.69) is 32.6 Å². The third-order valence-corrected chi connectivity index (χ3v) is 4.86.